The van der Waals surface area contributed by atoms with Crippen LogP contribution in [0.25, 0.3) is 11.3 Å². The third kappa shape index (κ3) is 5.11. The lowest BCUT2D eigenvalue weighted by Gasteiger charge is -2.48. The fourth-order valence-corrected chi connectivity index (χ4v) is 5.70. The molecule has 0 amide bonds. The zero-order valence-electron chi connectivity index (χ0n) is 21.8. The maximum Gasteiger partial charge on any atom is 0.336 e. The van der Waals surface area contributed by atoms with Gasteiger partial charge >= 0.3 is 11.9 Å². The Morgan fingerprint density at radius 3 is 2.35 bits per heavy atom. The molecule has 0 spiro atoms. The molecule has 1 aliphatic heterocycles. The van der Waals surface area contributed by atoms with E-state index in [0.29, 0.717) is 16.4 Å². The number of anilines is 1. The van der Waals surface area contributed by atoms with Gasteiger partial charge in [0, 0.05) is 16.6 Å². The van der Waals surface area contributed by atoms with Crippen LogP contribution in [0, 0.1) is 6.92 Å². The smallest absolute Gasteiger partial charge is 0.336 e. The van der Waals surface area contributed by atoms with Gasteiger partial charge in [-0.15, -0.1) is 11.3 Å². The minimum absolute atomic E-state index is 0.195. The minimum Gasteiger partial charge on any atom is -0.464 e. The van der Waals surface area contributed by atoms with Gasteiger partial charge in [-0.05, 0) is 40.2 Å². The van der Waals surface area contributed by atoms with Gasteiger partial charge in [-0.25, -0.2) is 14.6 Å². The second kappa shape index (κ2) is 11.2. The number of carbonyl (C=O) groups is 2. The summed E-state index contributed by atoms with van der Waals surface area (Å²) in [6, 6.07) is 17.2. The third-order valence-corrected chi connectivity index (χ3v) is 7.43. The second-order valence-electron chi connectivity index (χ2n) is 9.09. The first-order valence-corrected chi connectivity index (χ1v) is 13.4. The predicted octanol–water partition coefficient (Wildman–Crippen LogP) is 5.44. The number of carbonyl (C=O) groups excluding carboxylic acids is 2. The van der Waals surface area contributed by atoms with Gasteiger partial charge in [0.1, 0.15) is 0 Å². The SMILES string of the molecule is CCOC(=O)C1=C(C)NC(C)C(Nc2nc(-c3ccc(C)cc3)cs2)(C(=O)OCC)C1c1ccccc1. The number of allylic oxidation sites excluding steroid dienone is 1. The van der Waals surface area contributed by atoms with Gasteiger partial charge < -0.3 is 20.1 Å². The van der Waals surface area contributed by atoms with Crippen LogP contribution in [0.2, 0.25) is 0 Å². The van der Waals surface area contributed by atoms with E-state index in [1.165, 1.54) is 16.9 Å². The molecule has 0 aliphatic carbocycles. The molecule has 0 saturated heterocycles. The molecule has 3 unspecified atom stereocenters. The highest BCUT2D eigenvalue weighted by molar-refractivity contribution is 7.14. The predicted molar refractivity (Wildman–Crippen MR) is 146 cm³/mol. The molecular weight excluding hydrogens is 486 g/mol. The molecular formula is C29H33N3O4S. The van der Waals surface area contributed by atoms with Gasteiger partial charge in [0.25, 0.3) is 0 Å². The summed E-state index contributed by atoms with van der Waals surface area (Å²) >= 11 is 1.41. The van der Waals surface area contributed by atoms with Crippen LogP contribution in [-0.2, 0) is 19.1 Å². The number of thiazole rings is 1. The lowest BCUT2D eigenvalue weighted by atomic mass is 9.68. The van der Waals surface area contributed by atoms with Crippen molar-refractivity contribution in [2.75, 3.05) is 18.5 Å². The van der Waals surface area contributed by atoms with E-state index in [1.807, 2.05) is 80.7 Å². The third-order valence-electron chi connectivity index (χ3n) is 6.67. The van der Waals surface area contributed by atoms with Crippen molar-refractivity contribution in [2.24, 2.45) is 0 Å². The van der Waals surface area contributed by atoms with E-state index in [0.717, 1.165) is 16.8 Å². The number of rotatable bonds is 8. The Bertz CT molecular complexity index is 1290. The molecule has 1 aromatic heterocycles. The molecule has 37 heavy (non-hydrogen) atoms. The number of hydrogen-bond acceptors (Lipinski definition) is 8. The number of nitrogens with zero attached hydrogens (tertiary/aromatic N) is 1. The molecule has 2 heterocycles. The number of hydrogen-bond donors (Lipinski definition) is 2. The fourth-order valence-electron chi connectivity index (χ4n) is 4.91. The first-order chi connectivity index (χ1) is 17.8. The second-order valence-corrected chi connectivity index (χ2v) is 9.95. The average molecular weight is 520 g/mol. The first-order valence-electron chi connectivity index (χ1n) is 12.5. The van der Waals surface area contributed by atoms with Gasteiger partial charge in [-0.3, -0.25) is 0 Å². The summed E-state index contributed by atoms with van der Waals surface area (Å²) < 4.78 is 11.1. The number of nitrogens with one attached hydrogen (secondary N) is 2. The van der Waals surface area contributed by atoms with Gasteiger partial charge in [-0.2, -0.15) is 0 Å². The van der Waals surface area contributed by atoms with E-state index < -0.39 is 29.4 Å². The number of benzene rings is 2. The maximum atomic E-state index is 13.9. The summed E-state index contributed by atoms with van der Waals surface area (Å²) in [5.41, 5.74) is 3.44. The van der Waals surface area contributed by atoms with Crippen LogP contribution in [-0.4, -0.2) is 41.7 Å². The Morgan fingerprint density at radius 2 is 1.70 bits per heavy atom. The highest BCUT2D eigenvalue weighted by Crippen LogP contribution is 2.45. The lowest BCUT2D eigenvalue weighted by Crippen LogP contribution is -2.66. The van der Waals surface area contributed by atoms with E-state index in [4.69, 9.17) is 14.5 Å². The van der Waals surface area contributed by atoms with Crippen LogP contribution in [0.5, 0.6) is 0 Å². The van der Waals surface area contributed by atoms with Gasteiger partial charge in [0.2, 0.25) is 0 Å². The Morgan fingerprint density at radius 1 is 1.03 bits per heavy atom. The zero-order valence-corrected chi connectivity index (χ0v) is 22.6. The average Bonchev–Trinajstić information content (AvgIpc) is 3.35. The zero-order chi connectivity index (χ0) is 26.6. The maximum absolute atomic E-state index is 13.9. The monoisotopic (exact) mass is 519 g/mol. The highest BCUT2D eigenvalue weighted by atomic mass is 32.1. The van der Waals surface area contributed by atoms with Crippen LogP contribution >= 0.6 is 11.3 Å². The van der Waals surface area contributed by atoms with Crippen molar-refractivity contribution in [1.29, 1.82) is 0 Å². The van der Waals surface area contributed by atoms with Crippen molar-refractivity contribution >= 4 is 28.4 Å². The van der Waals surface area contributed by atoms with Crippen molar-refractivity contribution in [2.45, 2.75) is 52.1 Å². The van der Waals surface area contributed by atoms with E-state index >= 15 is 0 Å². The van der Waals surface area contributed by atoms with Crippen molar-refractivity contribution in [3.63, 3.8) is 0 Å². The number of aromatic nitrogens is 1. The summed E-state index contributed by atoms with van der Waals surface area (Å²) in [4.78, 5) is 32.1. The lowest BCUT2D eigenvalue weighted by molar-refractivity contribution is -0.151. The van der Waals surface area contributed by atoms with Crippen molar-refractivity contribution in [1.82, 2.24) is 10.3 Å². The summed E-state index contributed by atoms with van der Waals surface area (Å²) in [6.45, 7) is 9.75. The molecule has 0 radical (unpaired) electrons. The van der Waals surface area contributed by atoms with E-state index in [9.17, 15) is 9.59 Å². The largest absolute Gasteiger partial charge is 0.464 e. The molecule has 1 aliphatic rings. The Balaban J connectivity index is 1.88. The topological polar surface area (TPSA) is 89.5 Å². The quantitative estimate of drug-likeness (QED) is 0.383. The van der Waals surface area contributed by atoms with Gasteiger partial charge in [0.05, 0.1) is 36.4 Å². The van der Waals surface area contributed by atoms with E-state index in [-0.39, 0.29) is 13.2 Å². The van der Waals surface area contributed by atoms with Crippen LogP contribution in [0.4, 0.5) is 5.13 Å². The van der Waals surface area contributed by atoms with Crippen LogP contribution in [0.15, 0.2) is 71.2 Å². The minimum atomic E-state index is -1.37. The van der Waals surface area contributed by atoms with Crippen LogP contribution in [0.1, 0.15) is 44.7 Å². The standard InChI is InChI=1S/C29H33N3O4S/c1-6-35-26(33)24-19(4)30-20(5)29(27(34)36-7-2,25(24)22-11-9-8-10-12-22)32-28-31-23(17-37-28)21-15-13-18(3)14-16-21/h8-17,20,25,30H,6-7H2,1-5H3,(H,31,32). The number of ether oxygens (including phenoxy) is 2. The Labute approximate surface area is 221 Å². The molecule has 7 nitrogen and oxygen atoms in total. The Hall–Kier alpha value is -3.65. The van der Waals surface area contributed by atoms with Gasteiger partial charge in [0.15, 0.2) is 10.7 Å². The molecule has 3 aromatic rings. The summed E-state index contributed by atoms with van der Waals surface area (Å²) in [6.07, 6.45) is 0. The number of aryl methyl sites for hydroxylation is 1. The Kier molecular flexibility index (Phi) is 7.97. The summed E-state index contributed by atoms with van der Waals surface area (Å²) in [5, 5.41) is 9.32. The normalized spacial score (nSPS) is 21.2. The van der Waals surface area contributed by atoms with Crippen molar-refractivity contribution < 1.29 is 19.1 Å². The molecule has 0 saturated carbocycles. The van der Waals surface area contributed by atoms with Crippen LogP contribution in [0.3, 0.4) is 0 Å². The summed E-state index contributed by atoms with van der Waals surface area (Å²) in [5.74, 6) is -1.62. The molecule has 2 N–H and O–H groups in total. The molecule has 2 aromatic carbocycles. The highest BCUT2D eigenvalue weighted by Gasteiger charge is 2.58. The summed E-state index contributed by atoms with van der Waals surface area (Å²) in [7, 11) is 0. The van der Waals surface area contributed by atoms with Crippen molar-refractivity contribution in [3.05, 3.63) is 82.4 Å². The molecule has 3 atom stereocenters. The van der Waals surface area contributed by atoms with Crippen LogP contribution < -0.4 is 10.6 Å². The van der Waals surface area contributed by atoms with E-state index in [2.05, 4.69) is 10.6 Å². The fraction of sp³-hybridized carbons (Fsp3) is 0.345. The molecule has 0 fully saturated rings. The molecule has 0 bridgehead atoms. The first kappa shape index (κ1) is 26.4. The van der Waals surface area contributed by atoms with Gasteiger partial charge in [-0.1, -0.05) is 60.2 Å². The number of esters is 2. The molecule has 4 rings (SSSR count). The molecule has 194 valence electrons. The van der Waals surface area contributed by atoms with Crippen molar-refractivity contribution in [3.8, 4) is 11.3 Å². The molecule has 8 heteroatoms. The van der Waals surface area contributed by atoms with E-state index in [1.54, 1.807) is 13.8 Å².